The standard InChI is InChI=1S/C14H15NO2S2/c1-3-8-15-13(16)12(19-14(15)18)9-10-4-6-11(17-2)7-5-10/h4-7,9H,3,8H2,1-2H3/b12-9-. The molecule has 5 heteroatoms. The van der Waals surface area contributed by atoms with Crippen LogP contribution in [-0.4, -0.2) is 28.8 Å². The molecule has 1 heterocycles. The molecule has 0 atom stereocenters. The number of amides is 1. The zero-order valence-electron chi connectivity index (χ0n) is 10.9. The fourth-order valence-electron chi connectivity index (χ4n) is 1.77. The van der Waals surface area contributed by atoms with Crippen molar-refractivity contribution < 1.29 is 9.53 Å². The van der Waals surface area contributed by atoms with Crippen molar-refractivity contribution in [3.8, 4) is 5.75 Å². The van der Waals surface area contributed by atoms with E-state index in [9.17, 15) is 4.79 Å². The maximum atomic E-state index is 12.2. The van der Waals surface area contributed by atoms with Crippen LogP contribution in [0, 0.1) is 0 Å². The SMILES string of the molecule is CCCN1C(=O)/C(=C/c2ccc(OC)cc2)SC1=S. The van der Waals surface area contributed by atoms with Crippen LogP contribution in [0.3, 0.4) is 0 Å². The lowest BCUT2D eigenvalue weighted by Gasteiger charge is -2.11. The molecule has 0 unspecified atom stereocenters. The summed E-state index contributed by atoms with van der Waals surface area (Å²) in [4.78, 5) is 14.5. The lowest BCUT2D eigenvalue weighted by Crippen LogP contribution is -2.28. The smallest absolute Gasteiger partial charge is 0.266 e. The van der Waals surface area contributed by atoms with Gasteiger partial charge >= 0.3 is 0 Å². The Morgan fingerprint density at radius 2 is 2.05 bits per heavy atom. The number of rotatable bonds is 4. The normalized spacial score (nSPS) is 17.4. The number of hydrogen-bond acceptors (Lipinski definition) is 4. The van der Waals surface area contributed by atoms with E-state index in [0.29, 0.717) is 15.8 Å². The topological polar surface area (TPSA) is 29.5 Å². The van der Waals surface area contributed by atoms with Crippen molar-refractivity contribution in [1.82, 2.24) is 4.90 Å². The minimum atomic E-state index is 0.00710. The van der Waals surface area contributed by atoms with E-state index in [2.05, 4.69) is 0 Å². The molecule has 0 saturated carbocycles. The fraction of sp³-hybridized carbons (Fsp3) is 0.286. The molecular formula is C14H15NO2S2. The maximum Gasteiger partial charge on any atom is 0.266 e. The van der Waals surface area contributed by atoms with Gasteiger partial charge in [0.2, 0.25) is 0 Å². The third-order valence-corrected chi connectivity index (χ3v) is 4.11. The van der Waals surface area contributed by atoms with E-state index >= 15 is 0 Å². The molecule has 1 aromatic carbocycles. The van der Waals surface area contributed by atoms with Crippen molar-refractivity contribution in [1.29, 1.82) is 0 Å². The number of hydrogen-bond donors (Lipinski definition) is 0. The first-order valence-electron chi connectivity index (χ1n) is 6.05. The average molecular weight is 293 g/mol. The van der Waals surface area contributed by atoms with Gasteiger partial charge in [0, 0.05) is 6.54 Å². The maximum absolute atomic E-state index is 12.2. The molecule has 0 N–H and O–H groups in total. The highest BCUT2D eigenvalue weighted by Crippen LogP contribution is 2.32. The molecule has 0 bridgehead atoms. The molecule has 2 rings (SSSR count). The summed E-state index contributed by atoms with van der Waals surface area (Å²) in [6.07, 6.45) is 2.77. The Labute approximate surface area is 122 Å². The van der Waals surface area contributed by atoms with E-state index in [4.69, 9.17) is 17.0 Å². The van der Waals surface area contributed by atoms with Crippen LogP contribution >= 0.6 is 24.0 Å². The predicted molar refractivity (Wildman–Crippen MR) is 83.2 cm³/mol. The van der Waals surface area contributed by atoms with Crippen LogP contribution in [0.5, 0.6) is 5.75 Å². The second-order valence-corrected chi connectivity index (χ2v) is 5.78. The highest BCUT2D eigenvalue weighted by Gasteiger charge is 2.30. The number of thiocarbonyl (C=S) groups is 1. The number of benzene rings is 1. The van der Waals surface area contributed by atoms with Gasteiger partial charge in [0.05, 0.1) is 12.0 Å². The van der Waals surface area contributed by atoms with Gasteiger partial charge in [0.25, 0.3) is 5.91 Å². The van der Waals surface area contributed by atoms with Crippen molar-refractivity contribution in [3.05, 3.63) is 34.7 Å². The molecule has 0 spiro atoms. The lowest BCUT2D eigenvalue weighted by atomic mass is 10.2. The number of carbonyl (C=O) groups excluding carboxylic acids is 1. The second-order valence-electron chi connectivity index (χ2n) is 4.11. The molecule has 100 valence electrons. The summed E-state index contributed by atoms with van der Waals surface area (Å²) in [5, 5.41) is 0. The van der Waals surface area contributed by atoms with Crippen LogP contribution in [0.15, 0.2) is 29.2 Å². The molecule has 1 aromatic rings. The van der Waals surface area contributed by atoms with Gasteiger partial charge < -0.3 is 4.74 Å². The largest absolute Gasteiger partial charge is 0.497 e. The minimum Gasteiger partial charge on any atom is -0.497 e. The molecular weight excluding hydrogens is 278 g/mol. The highest BCUT2D eigenvalue weighted by molar-refractivity contribution is 8.26. The summed E-state index contributed by atoms with van der Waals surface area (Å²) in [6.45, 7) is 2.72. The van der Waals surface area contributed by atoms with Crippen molar-refractivity contribution in [3.63, 3.8) is 0 Å². The Kier molecular flexibility index (Phi) is 4.61. The third kappa shape index (κ3) is 3.16. The van der Waals surface area contributed by atoms with Crippen LogP contribution in [0.4, 0.5) is 0 Å². The first kappa shape index (κ1) is 14.1. The van der Waals surface area contributed by atoms with E-state index in [0.717, 1.165) is 17.7 Å². The second kappa shape index (κ2) is 6.21. The number of thioether (sulfide) groups is 1. The van der Waals surface area contributed by atoms with Gasteiger partial charge in [-0.25, -0.2) is 0 Å². The van der Waals surface area contributed by atoms with Crippen molar-refractivity contribution in [2.75, 3.05) is 13.7 Å². The Morgan fingerprint density at radius 1 is 1.37 bits per heavy atom. The van der Waals surface area contributed by atoms with E-state index in [1.807, 2.05) is 37.3 Å². The zero-order chi connectivity index (χ0) is 13.8. The molecule has 19 heavy (non-hydrogen) atoms. The summed E-state index contributed by atoms with van der Waals surface area (Å²) in [5.41, 5.74) is 0.970. The molecule has 1 amide bonds. The lowest BCUT2D eigenvalue weighted by molar-refractivity contribution is -0.122. The van der Waals surface area contributed by atoms with Gasteiger partial charge in [-0.1, -0.05) is 43.0 Å². The summed E-state index contributed by atoms with van der Waals surface area (Å²) in [6, 6.07) is 7.59. The monoisotopic (exact) mass is 293 g/mol. The fourth-order valence-corrected chi connectivity index (χ4v) is 3.08. The van der Waals surface area contributed by atoms with Gasteiger partial charge in [-0.05, 0) is 30.2 Å². The van der Waals surface area contributed by atoms with Gasteiger partial charge in [-0.3, -0.25) is 9.69 Å². The minimum absolute atomic E-state index is 0.00710. The summed E-state index contributed by atoms with van der Waals surface area (Å²) in [5.74, 6) is 0.809. The van der Waals surface area contributed by atoms with Crippen LogP contribution in [0.1, 0.15) is 18.9 Å². The molecule has 1 aliphatic heterocycles. The quantitative estimate of drug-likeness (QED) is 0.629. The molecule has 1 saturated heterocycles. The van der Waals surface area contributed by atoms with Gasteiger partial charge in [-0.2, -0.15) is 0 Å². The Balaban J connectivity index is 2.19. The van der Waals surface area contributed by atoms with E-state index < -0.39 is 0 Å². The van der Waals surface area contributed by atoms with Crippen molar-refractivity contribution in [2.45, 2.75) is 13.3 Å². The van der Waals surface area contributed by atoms with Crippen LogP contribution in [0.25, 0.3) is 6.08 Å². The first-order chi connectivity index (χ1) is 9.15. The molecule has 0 aromatic heterocycles. The molecule has 1 aliphatic rings. The Hall–Kier alpha value is -1.33. The van der Waals surface area contributed by atoms with E-state index in [-0.39, 0.29) is 5.91 Å². The molecule has 0 radical (unpaired) electrons. The molecule has 0 aliphatic carbocycles. The van der Waals surface area contributed by atoms with Gasteiger partial charge in [-0.15, -0.1) is 0 Å². The highest BCUT2D eigenvalue weighted by atomic mass is 32.2. The van der Waals surface area contributed by atoms with E-state index in [1.54, 1.807) is 12.0 Å². The third-order valence-electron chi connectivity index (χ3n) is 2.73. The van der Waals surface area contributed by atoms with Crippen molar-refractivity contribution >= 4 is 40.3 Å². The first-order valence-corrected chi connectivity index (χ1v) is 7.27. The average Bonchev–Trinajstić information content (AvgIpc) is 2.68. The van der Waals surface area contributed by atoms with Crippen molar-refractivity contribution in [2.24, 2.45) is 0 Å². The predicted octanol–water partition coefficient (Wildman–Crippen LogP) is 3.31. The number of methoxy groups -OCH3 is 1. The van der Waals surface area contributed by atoms with Crippen LogP contribution < -0.4 is 4.74 Å². The molecule has 1 fully saturated rings. The Morgan fingerprint density at radius 3 is 2.63 bits per heavy atom. The summed E-state index contributed by atoms with van der Waals surface area (Å²) >= 11 is 6.59. The molecule has 3 nitrogen and oxygen atoms in total. The number of ether oxygens (including phenoxy) is 1. The van der Waals surface area contributed by atoms with E-state index in [1.165, 1.54) is 11.8 Å². The summed E-state index contributed by atoms with van der Waals surface area (Å²) < 4.78 is 5.75. The van der Waals surface area contributed by atoms with Crippen LogP contribution in [-0.2, 0) is 4.79 Å². The summed E-state index contributed by atoms with van der Waals surface area (Å²) in [7, 11) is 1.63. The van der Waals surface area contributed by atoms with Gasteiger partial charge in [0.15, 0.2) is 0 Å². The number of nitrogens with zero attached hydrogens (tertiary/aromatic N) is 1. The number of carbonyl (C=O) groups is 1. The zero-order valence-corrected chi connectivity index (χ0v) is 12.5. The van der Waals surface area contributed by atoms with Gasteiger partial charge in [0.1, 0.15) is 10.1 Å². The Bertz CT molecular complexity index is 523. The van der Waals surface area contributed by atoms with Crippen LogP contribution in [0.2, 0.25) is 0 Å².